The first-order chi connectivity index (χ1) is 15.9. The summed E-state index contributed by atoms with van der Waals surface area (Å²) in [5, 5.41) is 21.1. The number of aromatic amines is 1. The molecule has 9 nitrogen and oxygen atoms in total. The molecule has 34 heavy (non-hydrogen) atoms. The van der Waals surface area contributed by atoms with E-state index in [9.17, 15) is 36.0 Å². The Balaban J connectivity index is 1.79. The fourth-order valence-corrected chi connectivity index (χ4v) is 4.08. The highest BCUT2D eigenvalue weighted by molar-refractivity contribution is 7.86. The number of hydrogen-bond donors (Lipinski definition) is 3. The number of hydrogen-bond acceptors (Lipinski definition) is 6. The number of phenolic OH excluding ortho intramolecular Hbond substituents is 1. The molecule has 0 amide bonds. The first-order valence-electron chi connectivity index (χ1n) is 9.51. The van der Waals surface area contributed by atoms with Crippen LogP contribution in [0.1, 0.15) is 11.3 Å². The second-order valence-electron chi connectivity index (χ2n) is 7.23. The van der Waals surface area contributed by atoms with E-state index in [2.05, 4.69) is 15.3 Å². The van der Waals surface area contributed by atoms with E-state index in [4.69, 9.17) is 0 Å². The van der Waals surface area contributed by atoms with Gasteiger partial charge >= 0.3 is 6.18 Å². The van der Waals surface area contributed by atoms with Crippen LogP contribution in [-0.2, 0) is 16.3 Å². The summed E-state index contributed by atoms with van der Waals surface area (Å²) in [6.45, 7) is 1.50. The van der Waals surface area contributed by atoms with Crippen LogP contribution < -0.4 is 5.56 Å². The van der Waals surface area contributed by atoms with Crippen LogP contribution in [0.3, 0.4) is 0 Å². The molecule has 0 saturated heterocycles. The predicted octanol–water partition coefficient (Wildman–Crippen LogP) is 5.01. The Labute approximate surface area is 189 Å². The molecular weight excluding hydrogens is 477 g/mol. The molecule has 0 spiro atoms. The Morgan fingerprint density at radius 3 is 2.15 bits per heavy atom. The van der Waals surface area contributed by atoms with E-state index >= 15 is 0 Å². The zero-order chi connectivity index (χ0) is 24.8. The molecule has 0 atom stereocenters. The highest BCUT2D eigenvalue weighted by Crippen LogP contribution is 2.40. The fourth-order valence-electron chi connectivity index (χ4n) is 3.37. The van der Waals surface area contributed by atoms with Crippen molar-refractivity contribution in [3.63, 3.8) is 0 Å². The van der Waals surface area contributed by atoms with Gasteiger partial charge in [-0.05, 0) is 31.2 Å². The quantitative estimate of drug-likeness (QED) is 0.272. The zero-order valence-electron chi connectivity index (χ0n) is 17.2. The molecule has 0 aliphatic heterocycles. The van der Waals surface area contributed by atoms with Crippen molar-refractivity contribution in [2.75, 3.05) is 0 Å². The minimum atomic E-state index is -4.65. The first-order valence-corrected chi connectivity index (χ1v) is 10.9. The maximum Gasteiger partial charge on any atom is 0.416 e. The number of H-pyrrole nitrogens is 1. The van der Waals surface area contributed by atoms with Crippen LogP contribution in [0.2, 0.25) is 0 Å². The number of benzene rings is 3. The second-order valence-corrected chi connectivity index (χ2v) is 8.62. The lowest BCUT2D eigenvalue weighted by Crippen LogP contribution is -2.14. The molecule has 4 aromatic rings. The van der Waals surface area contributed by atoms with Crippen molar-refractivity contribution in [1.29, 1.82) is 0 Å². The summed E-state index contributed by atoms with van der Waals surface area (Å²) in [5.74, 6) is -0.605. The molecule has 176 valence electrons. The van der Waals surface area contributed by atoms with Gasteiger partial charge in [0.15, 0.2) is 5.69 Å². The fraction of sp³-hybridized carbons (Fsp3) is 0.0952. The molecule has 0 bridgehead atoms. The molecule has 1 aromatic heterocycles. The number of nitrogens with zero attached hydrogens (tertiary/aromatic N) is 3. The summed E-state index contributed by atoms with van der Waals surface area (Å²) in [7, 11) is -4.65. The van der Waals surface area contributed by atoms with E-state index in [1.165, 1.54) is 25.1 Å². The molecular formula is C21H15F3N4O5S. The summed E-state index contributed by atoms with van der Waals surface area (Å²) in [5.41, 5.74) is -1.53. The molecule has 3 N–H and O–H groups in total. The molecule has 4 rings (SSSR count). The first kappa shape index (κ1) is 23.2. The average Bonchev–Trinajstić information content (AvgIpc) is 3.05. The number of fused-ring (bicyclic) bond motifs is 1. The minimum absolute atomic E-state index is 0.0738. The highest BCUT2D eigenvalue weighted by atomic mass is 32.2. The number of azo groups is 1. The maximum absolute atomic E-state index is 12.8. The van der Waals surface area contributed by atoms with Gasteiger partial charge in [0, 0.05) is 16.8 Å². The van der Waals surface area contributed by atoms with Crippen molar-refractivity contribution in [2.45, 2.75) is 18.0 Å². The van der Waals surface area contributed by atoms with Gasteiger partial charge in [-0.1, -0.05) is 24.3 Å². The van der Waals surface area contributed by atoms with Crippen LogP contribution >= 0.6 is 0 Å². The van der Waals surface area contributed by atoms with E-state index in [1.807, 2.05) is 0 Å². The van der Waals surface area contributed by atoms with Gasteiger partial charge < -0.3 is 5.11 Å². The normalized spacial score (nSPS) is 12.6. The van der Waals surface area contributed by atoms with Crippen LogP contribution in [0.15, 0.2) is 74.5 Å². The van der Waals surface area contributed by atoms with Crippen molar-refractivity contribution in [1.82, 2.24) is 9.78 Å². The zero-order valence-corrected chi connectivity index (χ0v) is 18.0. The van der Waals surface area contributed by atoms with E-state index in [1.54, 1.807) is 6.07 Å². The third-order valence-corrected chi connectivity index (χ3v) is 5.87. The van der Waals surface area contributed by atoms with Crippen molar-refractivity contribution in [3.8, 4) is 11.4 Å². The van der Waals surface area contributed by atoms with Gasteiger partial charge in [-0.25, -0.2) is 4.68 Å². The minimum Gasteiger partial charge on any atom is -0.506 e. The molecule has 3 aromatic carbocycles. The smallest absolute Gasteiger partial charge is 0.416 e. The van der Waals surface area contributed by atoms with E-state index < -0.39 is 38.1 Å². The average molecular weight is 492 g/mol. The number of alkyl halides is 3. The number of phenols is 1. The van der Waals surface area contributed by atoms with Crippen LogP contribution in [0.25, 0.3) is 16.5 Å². The maximum atomic E-state index is 12.8. The monoisotopic (exact) mass is 492 g/mol. The molecule has 0 radical (unpaired) electrons. The Kier molecular flexibility index (Phi) is 5.53. The van der Waals surface area contributed by atoms with Crippen molar-refractivity contribution >= 4 is 32.3 Å². The second kappa shape index (κ2) is 8.11. The van der Waals surface area contributed by atoms with Gasteiger partial charge in [0.2, 0.25) is 0 Å². The Morgan fingerprint density at radius 1 is 0.971 bits per heavy atom. The lowest BCUT2D eigenvalue weighted by molar-refractivity contribution is -0.137. The van der Waals surface area contributed by atoms with Gasteiger partial charge in [-0.15, -0.1) is 10.2 Å². The number of aromatic hydroxyl groups is 1. The van der Waals surface area contributed by atoms with Crippen LogP contribution in [0.4, 0.5) is 24.5 Å². The van der Waals surface area contributed by atoms with Gasteiger partial charge in [0.1, 0.15) is 16.3 Å². The summed E-state index contributed by atoms with van der Waals surface area (Å²) < 4.78 is 72.2. The lowest BCUT2D eigenvalue weighted by Gasteiger charge is -2.08. The molecule has 1 heterocycles. The molecule has 0 fully saturated rings. The highest BCUT2D eigenvalue weighted by Gasteiger charge is 2.30. The van der Waals surface area contributed by atoms with E-state index in [0.717, 1.165) is 35.0 Å². The van der Waals surface area contributed by atoms with Crippen molar-refractivity contribution in [2.24, 2.45) is 10.2 Å². The molecule has 13 heteroatoms. The third kappa shape index (κ3) is 4.18. The Morgan fingerprint density at radius 2 is 1.56 bits per heavy atom. The Bertz CT molecular complexity index is 1600. The number of halogens is 3. The summed E-state index contributed by atoms with van der Waals surface area (Å²) >= 11 is 0. The van der Waals surface area contributed by atoms with Crippen LogP contribution in [0, 0.1) is 6.92 Å². The van der Waals surface area contributed by atoms with Crippen LogP contribution in [0.5, 0.6) is 5.75 Å². The molecule has 0 aliphatic rings. The lowest BCUT2D eigenvalue weighted by atomic mass is 10.1. The summed E-state index contributed by atoms with van der Waals surface area (Å²) in [6.07, 6.45) is -4.52. The number of nitrogens with one attached hydrogen (secondary N) is 1. The summed E-state index contributed by atoms with van der Waals surface area (Å²) in [6, 6.07) is 10.6. The van der Waals surface area contributed by atoms with E-state index in [-0.39, 0.29) is 33.5 Å². The number of aromatic nitrogens is 2. The van der Waals surface area contributed by atoms with Gasteiger partial charge in [0.05, 0.1) is 16.9 Å². The molecule has 0 aliphatic carbocycles. The Hall–Kier alpha value is -3.97. The predicted molar refractivity (Wildman–Crippen MR) is 116 cm³/mol. The van der Waals surface area contributed by atoms with E-state index in [0.29, 0.717) is 0 Å². The largest absolute Gasteiger partial charge is 0.506 e. The summed E-state index contributed by atoms with van der Waals surface area (Å²) in [4.78, 5) is 12.3. The van der Waals surface area contributed by atoms with Crippen molar-refractivity contribution in [3.05, 3.63) is 76.2 Å². The SMILES string of the molecule is Cc1[nH]n(-c2ccc(C(F)(F)F)cc2)c(=O)c1N=Nc1c(O)cc(S(=O)(=O)O)c2ccccc12. The third-order valence-electron chi connectivity index (χ3n) is 4.98. The van der Waals surface area contributed by atoms with Gasteiger partial charge in [-0.3, -0.25) is 14.4 Å². The van der Waals surface area contributed by atoms with Crippen molar-refractivity contribution < 1.29 is 31.2 Å². The molecule has 0 saturated carbocycles. The van der Waals surface area contributed by atoms with Gasteiger partial charge in [0.25, 0.3) is 15.7 Å². The van der Waals surface area contributed by atoms with Crippen LogP contribution in [-0.4, -0.2) is 27.9 Å². The van der Waals surface area contributed by atoms with Gasteiger partial charge in [-0.2, -0.15) is 21.6 Å². The standard InChI is InChI=1S/C21H15F3N4O5S/c1-11-18(20(30)28(27-11)13-8-6-12(7-9-13)21(22,23)24)25-26-19-15-5-3-2-4-14(15)17(10-16(19)29)34(31,32)33/h2-10,27,29H,1H3,(H,31,32,33). The topological polar surface area (TPSA) is 137 Å². The number of rotatable bonds is 4. The molecule has 0 unspecified atom stereocenters. The number of aryl methyl sites for hydroxylation is 1.